The van der Waals surface area contributed by atoms with Gasteiger partial charge in [-0.3, -0.25) is 20.2 Å². The number of nitro benzene ring substituents is 1. The van der Waals surface area contributed by atoms with E-state index >= 15 is 0 Å². The zero-order valence-corrected chi connectivity index (χ0v) is 12.8. The summed E-state index contributed by atoms with van der Waals surface area (Å²) in [6.45, 7) is 0. The molecule has 0 aliphatic carbocycles. The van der Waals surface area contributed by atoms with E-state index in [0.717, 1.165) is 10.2 Å². The lowest BCUT2D eigenvalue weighted by Crippen LogP contribution is -2.12. The van der Waals surface area contributed by atoms with E-state index in [1.165, 1.54) is 36.6 Å². The second kappa shape index (κ2) is 6.01. The number of methoxy groups -OCH3 is 1. The average molecular weight is 329 g/mol. The average Bonchev–Trinajstić information content (AvgIpc) is 2.96. The number of amides is 1. The molecule has 0 saturated carbocycles. The summed E-state index contributed by atoms with van der Waals surface area (Å²) in [5.74, 6) is -0.360. The third-order valence-electron chi connectivity index (χ3n) is 3.15. The van der Waals surface area contributed by atoms with Gasteiger partial charge in [-0.25, -0.2) is 4.98 Å². The summed E-state index contributed by atoms with van der Waals surface area (Å²) in [7, 11) is 1.34. The molecule has 0 aliphatic rings. The Hall–Kier alpha value is -3.00. The Morgan fingerprint density at radius 3 is 2.78 bits per heavy atom. The molecule has 23 heavy (non-hydrogen) atoms. The van der Waals surface area contributed by atoms with Gasteiger partial charge in [-0.1, -0.05) is 23.5 Å². The molecule has 116 valence electrons. The number of hydrogen-bond acceptors (Lipinski definition) is 6. The number of nitrogens with zero attached hydrogens (tertiary/aromatic N) is 2. The predicted molar refractivity (Wildman–Crippen MR) is 87.2 cm³/mol. The van der Waals surface area contributed by atoms with Gasteiger partial charge in [0.1, 0.15) is 0 Å². The van der Waals surface area contributed by atoms with Gasteiger partial charge in [-0.15, -0.1) is 0 Å². The molecule has 0 atom stereocenters. The van der Waals surface area contributed by atoms with Crippen LogP contribution in [-0.2, 0) is 0 Å². The molecule has 2 aromatic carbocycles. The number of rotatable bonds is 4. The van der Waals surface area contributed by atoms with Gasteiger partial charge in [0, 0.05) is 11.6 Å². The van der Waals surface area contributed by atoms with Crippen LogP contribution in [0.4, 0.5) is 10.8 Å². The molecule has 0 radical (unpaired) electrons. The normalized spacial score (nSPS) is 10.5. The largest absolute Gasteiger partial charge is 0.490 e. The SMILES string of the molecule is COc1ccc(C(=O)Nc2nc3ccccc3s2)cc1[N+](=O)[O-]. The molecular weight excluding hydrogens is 318 g/mol. The number of nitrogens with one attached hydrogen (secondary N) is 1. The van der Waals surface area contributed by atoms with Gasteiger partial charge < -0.3 is 4.74 Å². The molecule has 1 heterocycles. The number of hydrogen-bond donors (Lipinski definition) is 1. The Labute approximate surface area is 134 Å². The summed E-state index contributed by atoms with van der Waals surface area (Å²) in [4.78, 5) is 27.0. The number of anilines is 1. The standard InChI is InChI=1S/C15H11N3O4S/c1-22-12-7-6-9(8-11(12)18(20)21)14(19)17-15-16-10-4-2-3-5-13(10)23-15/h2-8H,1H3,(H,16,17,19). The number of fused-ring (bicyclic) bond motifs is 1. The highest BCUT2D eigenvalue weighted by Gasteiger charge is 2.18. The molecule has 0 bridgehead atoms. The van der Waals surface area contributed by atoms with Crippen molar-refractivity contribution in [1.29, 1.82) is 0 Å². The van der Waals surface area contributed by atoms with Crippen LogP contribution in [0.1, 0.15) is 10.4 Å². The molecule has 0 unspecified atom stereocenters. The fraction of sp³-hybridized carbons (Fsp3) is 0.0667. The summed E-state index contributed by atoms with van der Waals surface area (Å²) in [5, 5.41) is 14.1. The molecule has 0 aliphatic heterocycles. The molecule has 1 N–H and O–H groups in total. The number of para-hydroxylation sites is 1. The number of thiazole rings is 1. The molecule has 1 amide bonds. The summed E-state index contributed by atoms with van der Waals surface area (Å²) in [5.41, 5.74) is 0.690. The highest BCUT2D eigenvalue weighted by molar-refractivity contribution is 7.22. The third kappa shape index (κ3) is 2.97. The van der Waals surface area contributed by atoms with Gasteiger partial charge in [0.15, 0.2) is 10.9 Å². The molecule has 3 rings (SSSR count). The molecule has 0 saturated heterocycles. The zero-order chi connectivity index (χ0) is 16.4. The summed E-state index contributed by atoms with van der Waals surface area (Å²) in [6, 6.07) is 11.5. The Balaban J connectivity index is 1.88. The minimum Gasteiger partial charge on any atom is -0.490 e. The summed E-state index contributed by atoms with van der Waals surface area (Å²) >= 11 is 1.34. The van der Waals surface area contributed by atoms with Crippen molar-refractivity contribution >= 4 is 38.3 Å². The Kier molecular flexibility index (Phi) is 3.90. The maximum absolute atomic E-state index is 12.3. The van der Waals surface area contributed by atoms with E-state index in [1.54, 1.807) is 0 Å². The topological polar surface area (TPSA) is 94.4 Å². The molecule has 0 spiro atoms. The van der Waals surface area contributed by atoms with Crippen LogP contribution in [0.3, 0.4) is 0 Å². The highest BCUT2D eigenvalue weighted by atomic mass is 32.1. The Bertz CT molecular complexity index is 874. The van der Waals surface area contributed by atoms with Crippen LogP contribution in [0.25, 0.3) is 10.2 Å². The van der Waals surface area contributed by atoms with E-state index in [4.69, 9.17) is 4.74 Å². The Morgan fingerprint density at radius 1 is 1.30 bits per heavy atom. The van der Waals surface area contributed by atoms with E-state index in [1.807, 2.05) is 24.3 Å². The molecular formula is C15H11N3O4S. The highest BCUT2D eigenvalue weighted by Crippen LogP contribution is 2.29. The second-order valence-electron chi connectivity index (χ2n) is 4.58. The number of aromatic nitrogens is 1. The van der Waals surface area contributed by atoms with Crippen molar-refractivity contribution in [1.82, 2.24) is 4.98 Å². The molecule has 7 nitrogen and oxygen atoms in total. The lowest BCUT2D eigenvalue weighted by atomic mass is 10.2. The van der Waals surface area contributed by atoms with E-state index in [2.05, 4.69) is 10.3 Å². The Morgan fingerprint density at radius 2 is 2.09 bits per heavy atom. The number of benzene rings is 2. The number of ether oxygens (including phenoxy) is 1. The quantitative estimate of drug-likeness (QED) is 0.584. The van der Waals surface area contributed by atoms with Crippen molar-refractivity contribution in [2.24, 2.45) is 0 Å². The van der Waals surface area contributed by atoms with E-state index < -0.39 is 10.8 Å². The van der Waals surface area contributed by atoms with Gasteiger partial charge in [0.2, 0.25) is 0 Å². The minimum absolute atomic E-state index is 0.103. The van der Waals surface area contributed by atoms with Crippen LogP contribution in [0.5, 0.6) is 5.75 Å². The van der Waals surface area contributed by atoms with Crippen molar-refractivity contribution in [3.8, 4) is 5.75 Å². The van der Waals surface area contributed by atoms with Gasteiger partial charge in [-0.2, -0.15) is 0 Å². The van der Waals surface area contributed by atoms with Crippen molar-refractivity contribution in [2.75, 3.05) is 12.4 Å². The van der Waals surface area contributed by atoms with Crippen molar-refractivity contribution in [3.63, 3.8) is 0 Å². The summed E-state index contributed by atoms with van der Waals surface area (Å²) < 4.78 is 5.86. The van der Waals surface area contributed by atoms with Crippen LogP contribution in [0.15, 0.2) is 42.5 Å². The molecule has 3 aromatic rings. The molecule has 1 aromatic heterocycles. The first kappa shape index (κ1) is 14.9. The van der Waals surface area contributed by atoms with Gasteiger partial charge >= 0.3 is 5.69 Å². The van der Waals surface area contributed by atoms with E-state index in [-0.39, 0.29) is 17.0 Å². The van der Waals surface area contributed by atoms with Gasteiger partial charge in [-0.05, 0) is 24.3 Å². The number of carbonyl (C=O) groups excluding carboxylic acids is 1. The minimum atomic E-state index is -0.590. The number of nitro groups is 1. The maximum atomic E-state index is 12.3. The van der Waals surface area contributed by atoms with Crippen molar-refractivity contribution < 1.29 is 14.5 Å². The van der Waals surface area contributed by atoms with Gasteiger partial charge in [0.05, 0.1) is 22.2 Å². The lowest BCUT2D eigenvalue weighted by Gasteiger charge is -2.04. The third-order valence-corrected chi connectivity index (χ3v) is 4.10. The fourth-order valence-corrected chi connectivity index (χ4v) is 2.93. The van der Waals surface area contributed by atoms with Crippen LogP contribution >= 0.6 is 11.3 Å². The van der Waals surface area contributed by atoms with Crippen LogP contribution < -0.4 is 10.1 Å². The van der Waals surface area contributed by atoms with E-state index in [0.29, 0.717) is 5.13 Å². The van der Waals surface area contributed by atoms with Crippen LogP contribution in [0, 0.1) is 10.1 Å². The summed E-state index contributed by atoms with van der Waals surface area (Å²) in [6.07, 6.45) is 0. The van der Waals surface area contributed by atoms with Crippen LogP contribution in [0.2, 0.25) is 0 Å². The van der Waals surface area contributed by atoms with Crippen molar-refractivity contribution in [2.45, 2.75) is 0 Å². The fourth-order valence-electron chi connectivity index (χ4n) is 2.07. The number of carbonyl (C=O) groups is 1. The zero-order valence-electron chi connectivity index (χ0n) is 12.0. The molecule has 8 heteroatoms. The van der Waals surface area contributed by atoms with Crippen molar-refractivity contribution in [3.05, 3.63) is 58.1 Å². The first-order chi connectivity index (χ1) is 11.1. The first-order valence-electron chi connectivity index (χ1n) is 6.58. The van der Waals surface area contributed by atoms with Gasteiger partial charge in [0.25, 0.3) is 5.91 Å². The lowest BCUT2D eigenvalue weighted by molar-refractivity contribution is -0.385. The second-order valence-corrected chi connectivity index (χ2v) is 5.62. The molecule has 0 fully saturated rings. The predicted octanol–water partition coefficient (Wildman–Crippen LogP) is 3.47. The van der Waals surface area contributed by atoms with Crippen LogP contribution in [-0.4, -0.2) is 22.9 Å². The maximum Gasteiger partial charge on any atom is 0.311 e. The van der Waals surface area contributed by atoms with E-state index in [9.17, 15) is 14.9 Å². The monoisotopic (exact) mass is 329 g/mol. The smallest absolute Gasteiger partial charge is 0.311 e. The first-order valence-corrected chi connectivity index (χ1v) is 7.39.